The van der Waals surface area contributed by atoms with Crippen molar-refractivity contribution >= 4 is 11.8 Å². The molecular weight excluding hydrogens is 304 g/mol. The number of ether oxygens (including phenoxy) is 2. The molecule has 0 unspecified atom stereocenters. The van der Waals surface area contributed by atoms with E-state index in [1.54, 1.807) is 0 Å². The first-order valence-corrected chi connectivity index (χ1v) is 9.17. The van der Waals surface area contributed by atoms with Crippen molar-refractivity contribution in [1.29, 1.82) is 0 Å². The van der Waals surface area contributed by atoms with E-state index in [9.17, 15) is 4.79 Å². The SMILES string of the molecule is CCCCCCOc1cccc(NC(=O)OCCN2CCCC2)c1. The molecule has 0 atom stereocenters. The molecule has 1 fully saturated rings. The van der Waals surface area contributed by atoms with Crippen molar-refractivity contribution < 1.29 is 14.3 Å². The van der Waals surface area contributed by atoms with Crippen LogP contribution in [-0.4, -0.2) is 43.8 Å². The molecule has 0 bridgehead atoms. The second kappa shape index (κ2) is 10.9. The molecule has 1 amide bonds. The maximum atomic E-state index is 11.8. The van der Waals surface area contributed by atoms with E-state index in [0.717, 1.165) is 31.8 Å². The van der Waals surface area contributed by atoms with Gasteiger partial charge in [-0.25, -0.2) is 4.79 Å². The van der Waals surface area contributed by atoms with Crippen LogP contribution in [0.1, 0.15) is 45.4 Å². The molecule has 0 aliphatic carbocycles. The average molecular weight is 334 g/mol. The first kappa shape index (κ1) is 18.6. The Morgan fingerprint density at radius 1 is 1.17 bits per heavy atom. The molecule has 1 aromatic carbocycles. The molecule has 0 saturated carbocycles. The van der Waals surface area contributed by atoms with Gasteiger partial charge in [0.1, 0.15) is 12.4 Å². The fourth-order valence-electron chi connectivity index (χ4n) is 2.81. The summed E-state index contributed by atoms with van der Waals surface area (Å²) < 4.78 is 11.0. The lowest BCUT2D eigenvalue weighted by Crippen LogP contribution is -2.26. The topological polar surface area (TPSA) is 50.8 Å². The Balaban J connectivity index is 1.65. The number of carbonyl (C=O) groups is 1. The van der Waals surface area contributed by atoms with Crippen LogP contribution < -0.4 is 10.1 Å². The van der Waals surface area contributed by atoms with Gasteiger partial charge in [0.15, 0.2) is 0 Å². The van der Waals surface area contributed by atoms with Gasteiger partial charge in [-0.1, -0.05) is 32.3 Å². The van der Waals surface area contributed by atoms with E-state index in [-0.39, 0.29) is 0 Å². The van der Waals surface area contributed by atoms with E-state index in [2.05, 4.69) is 17.1 Å². The summed E-state index contributed by atoms with van der Waals surface area (Å²) in [5.74, 6) is 0.779. The smallest absolute Gasteiger partial charge is 0.411 e. The van der Waals surface area contributed by atoms with Gasteiger partial charge in [0.05, 0.1) is 6.61 Å². The molecular formula is C19H30N2O3. The largest absolute Gasteiger partial charge is 0.494 e. The summed E-state index contributed by atoms with van der Waals surface area (Å²) in [5, 5.41) is 2.76. The second-order valence-electron chi connectivity index (χ2n) is 6.25. The van der Waals surface area contributed by atoms with Crippen molar-refractivity contribution in [2.75, 3.05) is 38.2 Å². The Kier molecular flexibility index (Phi) is 8.46. The Bertz CT molecular complexity index is 487. The molecule has 0 spiro atoms. The molecule has 1 N–H and O–H groups in total. The number of likely N-dealkylation sites (tertiary alicyclic amines) is 1. The highest BCUT2D eigenvalue weighted by Crippen LogP contribution is 2.18. The van der Waals surface area contributed by atoms with Gasteiger partial charge in [-0.2, -0.15) is 0 Å². The van der Waals surface area contributed by atoms with Crippen molar-refractivity contribution in [3.05, 3.63) is 24.3 Å². The molecule has 1 aliphatic rings. The Morgan fingerprint density at radius 2 is 2.00 bits per heavy atom. The maximum absolute atomic E-state index is 11.8. The van der Waals surface area contributed by atoms with Crippen LogP contribution in [0.15, 0.2) is 24.3 Å². The van der Waals surface area contributed by atoms with Gasteiger partial charge in [0.25, 0.3) is 0 Å². The zero-order chi connectivity index (χ0) is 17.0. The third kappa shape index (κ3) is 7.21. The summed E-state index contributed by atoms with van der Waals surface area (Å²) in [6.07, 6.45) is 6.80. The molecule has 5 heteroatoms. The Hall–Kier alpha value is -1.75. The van der Waals surface area contributed by atoms with Gasteiger partial charge in [0, 0.05) is 18.3 Å². The number of rotatable bonds is 10. The lowest BCUT2D eigenvalue weighted by Gasteiger charge is -2.14. The van der Waals surface area contributed by atoms with Crippen LogP contribution in [0.3, 0.4) is 0 Å². The highest BCUT2D eigenvalue weighted by Gasteiger charge is 2.12. The molecule has 134 valence electrons. The average Bonchev–Trinajstić information content (AvgIpc) is 3.08. The molecule has 24 heavy (non-hydrogen) atoms. The number of nitrogens with one attached hydrogen (secondary N) is 1. The fourth-order valence-corrected chi connectivity index (χ4v) is 2.81. The van der Waals surface area contributed by atoms with E-state index < -0.39 is 6.09 Å². The monoisotopic (exact) mass is 334 g/mol. The molecule has 1 aromatic rings. The third-order valence-corrected chi connectivity index (χ3v) is 4.19. The fraction of sp³-hybridized carbons (Fsp3) is 0.632. The summed E-state index contributed by atoms with van der Waals surface area (Å²) in [6, 6.07) is 7.46. The molecule has 5 nitrogen and oxygen atoms in total. The van der Waals surface area contributed by atoms with Crippen LogP contribution >= 0.6 is 0 Å². The zero-order valence-electron chi connectivity index (χ0n) is 14.8. The van der Waals surface area contributed by atoms with Crippen LogP contribution in [0.4, 0.5) is 10.5 Å². The van der Waals surface area contributed by atoms with E-state index in [1.807, 2.05) is 24.3 Å². The summed E-state index contributed by atoms with van der Waals surface area (Å²) in [5.41, 5.74) is 0.701. The molecule has 0 aromatic heterocycles. The molecule has 1 aliphatic heterocycles. The minimum atomic E-state index is -0.408. The number of hydrogen-bond acceptors (Lipinski definition) is 4. The summed E-state index contributed by atoms with van der Waals surface area (Å²) in [6.45, 7) is 6.38. The van der Waals surface area contributed by atoms with Gasteiger partial charge in [-0.15, -0.1) is 0 Å². The van der Waals surface area contributed by atoms with E-state index in [1.165, 1.54) is 32.1 Å². The van der Waals surface area contributed by atoms with Gasteiger partial charge in [-0.05, 0) is 44.5 Å². The van der Waals surface area contributed by atoms with Gasteiger partial charge in [-0.3, -0.25) is 10.2 Å². The third-order valence-electron chi connectivity index (χ3n) is 4.19. The van der Waals surface area contributed by atoms with E-state index in [4.69, 9.17) is 9.47 Å². The highest BCUT2D eigenvalue weighted by molar-refractivity contribution is 5.84. The highest BCUT2D eigenvalue weighted by atomic mass is 16.5. The predicted octanol–water partition coefficient (Wildman–Crippen LogP) is 4.29. The zero-order valence-corrected chi connectivity index (χ0v) is 14.8. The first-order valence-electron chi connectivity index (χ1n) is 9.17. The quantitative estimate of drug-likeness (QED) is 0.649. The van der Waals surface area contributed by atoms with E-state index >= 15 is 0 Å². The van der Waals surface area contributed by atoms with Crippen LogP contribution in [0.2, 0.25) is 0 Å². The number of hydrogen-bond donors (Lipinski definition) is 1. The Morgan fingerprint density at radius 3 is 2.79 bits per heavy atom. The number of unbranched alkanes of at least 4 members (excludes halogenated alkanes) is 3. The van der Waals surface area contributed by atoms with Crippen molar-refractivity contribution in [3.8, 4) is 5.75 Å². The number of benzene rings is 1. The van der Waals surface area contributed by atoms with Crippen LogP contribution in [0, 0.1) is 0 Å². The lowest BCUT2D eigenvalue weighted by molar-refractivity contribution is 0.146. The number of nitrogens with zero attached hydrogens (tertiary/aromatic N) is 1. The number of carbonyl (C=O) groups excluding carboxylic acids is 1. The second-order valence-corrected chi connectivity index (χ2v) is 6.25. The minimum absolute atomic E-state index is 0.408. The van der Waals surface area contributed by atoms with Crippen LogP contribution in [-0.2, 0) is 4.74 Å². The van der Waals surface area contributed by atoms with Crippen LogP contribution in [0.5, 0.6) is 5.75 Å². The molecule has 2 rings (SSSR count). The predicted molar refractivity (Wildman–Crippen MR) is 96.7 cm³/mol. The van der Waals surface area contributed by atoms with Gasteiger partial charge in [0.2, 0.25) is 0 Å². The normalized spacial score (nSPS) is 14.5. The molecule has 1 saturated heterocycles. The number of amides is 1. The maximum Gasteiger partial charge on any atom is 0.411 e. The molecule has 1 heterocycles. The first-order chi connectivity index (χ1) is 11.8. The summed E-state index contributed by atoms with van der Waals surface area (Å²) in [7, 11) is 0. The van der Waals surface area contributed by atoms with Gasteiger partial charge < -0.3 is 9.47 Å². The van der Waals surface area contributed by atoms with Crippen molar-refractivity contribution in [3.63, 3.8) is 0 Å². The molecule has 0 radical (unpaired) electrons. The minimum Gasteiger partial charge on any atom is -0.494 e. The van der Waals surface area contributed by atoms with Crippen molar-refractivity contribution in [2.45, 2.75) is 45.4 Å². The summed E-state index contributed by atoms with van der Waals surface area (Å²) >= 11 is 0. The van der Waals surface area contributed by atoms with Crippen molar-refractivity contribution in [2.24, 2.45) is 0 Å². The Labute approximate surface area is 145 Å². The standard InChI is InChI=1S/C19H30N2O3/c1-2-3-4-7-14-23-18-10-8-9-17(16-18)20-19(22)24-15-13-21-11-5-6-12-21/h8-10,16H,2-7,11-15H2,1H3,(H,20,22). The van der Waals surface area contributed by atoms with E-state index in [0.29, 0.717) is 18.9 Å². The van der Waals surface area contributed by atoms with Gasteiger partial charge >= 0.3 is 6.09 Å². The van der Waals surface area contributed by atoms with Crippen LogP contribution in [0.25, 0.3) is 0 Å². The van der Waals surface area contributed by atoms with Crippen molar-refractivity contribution in [1.82, 2.24) is 4.90 Å². The number of anilines is 1. The lowest BCUT2D eigenvalue weighted by atomic mass is 10.2. The summed E-state index contributed by atoms with van der Waals surface area (Å²) in [4.78, 5) is 14.2.